The molecule has 8 nitrogen and oxygen atoms in total. The fourth-order valence-electron chi connectivity index (χ4n) is 4.32. The number of nitrogens with one attached hydrogen (secondary N) is 2. The lowest BCUT2D eigenvalue weighted by Crippen LogP contribution is -2.59. The van der Waals surface area contributed by atoms with E-state index >= 15 is 0 Å². The Labute approximate surface area is 196 Å². The van der Waals surface area contributed by atoms with Crippen LogP contribution in [-0.4, -0.2) is 65.5 Å². The van der Waals surface area contributed by atoms with Crippen molar-refractivity contribution < 1.29 is 22.7 Å². The first-order chi connectivity index (χ1) is 16.2. The highest BCUT2D eigenvalue weighted by molar-refractivity contribution is 6.43. The van der Waals surface area contributed by atoms with Gasteiger partial charge in [0.05, 0.1) is 20.8 Å². The van der Waals surface area contributed by atoms with E-state index in [0.717, 1.165) is 40.2 Å². The zero-order valence-corrected chi connectivity index (χ0v) is 19.4. The Balaban J connectivity index is 1.26. The largest absolute Gasteiger partial charge is 0.412 e. The van der Waals surface area contributed by atoms with Crippen LogP contribution in [-0.2, 0) is 4.74 Å². The highest BCUT2D eigenvalue weighted by Gasteiger charge is 2.52. The summed E-state index contributed by atoms with van der Waals surface area (Å²) in [5.41, 5.74) is 0.916. The zero-order chi connectivity index (χ0) is 23.9. The van der Waals surface area contributed by atoms with Gasteiger partial charge >= 0.3 is 6.18 Å². The van der Waals surface area contributed by atoms with E-state index in [1.54, 1.807) is 23.0 Å². The van der Waals surface area contributed by atoms with Crippen molar-refractivity contribution in [2.75, 3.05) is 18.5 Å². The molecule has 2 N–H and O–H groups in total. The fourth-order valence-corrected chi connectivity index (χ4v) is 5.90. The van der Waals surface area contributed by atoms with Crippen LogP contribution in [0.5, 0.6) is 0 Å². The van der Waals surface area contributed by atoms with E-state index in [4.69, 9.17) is 4.74 Å². The second-order valence-corrected chi connectivity index (χ2v) is 9.98. The Morgan fingerprint density at radius 1 is 1.38 bits per heavy atom. The summed E-state index contributed by atoms with van der Waals surface area (Å²) in [6.45, 7) is 2.59. The van der Waals surface area contributed by atoms with Crippen LogP contribution >= 0.6 is 0 Å². The molecule has 1 aliphatic carbocycles. The molecule has 2 saturated heterocycles. The van der Waals surface area contributed by atoms with Gasteiger partial charge in [0.15, 0.2) is 0 Å². The highest BCUT2D eigenvalue weighted by Crippen LogP contribution is 2.40. The lowest BCUT2D eigenvalue weighted by atomic mass is 9.99. The van der Waals surface area contributed by atoms with Gasteiger partial charge in [-0.25, -0.2) is 9.97 Å². The van der Waals surface area contributed by atoms with Crippen molar-refractivity contribution in [3.63, 3.8) is 0 Å². The Hall–Kier alpha value is -2.99. The summed E-state index contributed by atoms with van der Waals surface area (Å²) in [7, 11) is 0.779. The molecule has 2 aromatic heterocycles. The number of aromatic nitrogens is 4. The van der Waals surface area contributed by atoms with Crippen LogP contribution < -0.4 is 10.6 Å². The third-order valence-electron chi connectivity index (χ3n) is 6.30. The number of alkyl halides is 3. The van der Waals surface area contributed by atoms with Gasteiger partial charge in [-0.15, -0.1) is 0 Å². The molecular formula is C22H23F3N6O2Si. The minimum Gasteiger partial charge on any atom is -0.380 e. The van der Waals surface area contributed by atoms with E-state index in [1.807, 2.05) is 6.92 Å². The molecule has 5 rings (SSSR count). The van der Waals surface area contributed by atoms with Gasteiger partial charge in [-0.2, -0.15) is 18.2 Å². The normalized spacial score (nSPS) is 24.1. The highest BCUT2D eigenvalue weighted by atomic mass is 28.2. The van der Waals surface area contributed by atoms with E-state index < -0.39 is 17.7 Å². The molecule has 3 aliphatic rings. The van der Waals surface area contributed by atoms with Crippen LogP contribution in [0.4, 0.5) is 19.1 Å². The number of imidazole rings is 1. The lowest BCUT2D eigenvalue weighted by molar-refractivity contribution is -0.0941. The van der Waals surface area contributed by atoms with Gasteiger partial charge < -0.3 is 15.4 Å². The summed E-state index contributed by atoms with van der Waals surface area (Å²) in [6.07, 6.45) is 4.37. The summed E-state index contributed by atoms with van der Waals surface area (Å²) >= 11 is 0. The third kappa shape index (κ3) is 4.39. The van der Waals surface area contributed by atoms with Gasteiger partial charge in [-0.3, -0.25) is 9.36 Å². The molecule has 178 valence electrons. The van der Waals surface area contributed by atoms with Crippen molar-refractivity contribution in [3.05, 3.63) is 53.3 Å². The van der Waals surface area contributed by atoms with Gasteiger partial charge in [-0.05, 0) is 43.9 Å². The van der Waals surface area contributed by atoms with Gasteiger partial charge in [0, 0.05) is 36.7 Å². The summed E-state index contributed by atoms with van der Waals surface area (Å²) in [4.78, 5) is 25.8. The average Bonchev–Trinajstić information content (AvgIpc) is 3.39. The molecule has 1 amide bonds. The van der Waals surface area contributed by atoms with E-state index in [0.29, 0.717) is 23.8 Å². The number of rotatable bonds is 6. The van der Waals surface area contributed by atoms with Crippen molar-refractivity contribution in [2.45, 2.75) is 49.7 Å². The number of anilines is 1. The van der Waals surface area contributed by atoms with Crippen LogP contribution in [0.1, 0.15) is 35.3 Å². The Morgan fingerprint density at radius 3 is 2.97 bits per heavy atom. The topological polar surface area (TPSA) is 94.0 Å². The second kappa shape index (κ2) is 8.66. The van der Waals surface area contributed by atoms with Crippen LogP contribution in [0.3, 0.4) is 0 Å². The molecule has 2 unspecified atom stereocenters. The van der Waals surface area contributed by atoms with Gasteiger partial charge in [-0.1, -0.05) is 6.08 Å². The van der Waals surface area contributed by atoms with Gasteiger partial charge in [0.2, 0.25) is 5.95 Å². The molecule has 2 atom stereocenters. The molecule has 2 radical (unpaired) electrons. The van der Waals surface area contributed by atoms with Crippen LogP contribution in [0, 0.1) is 6.92 Å². The minimum absolute atomic E-state index is 0.00212. The van der Waals surface area contributed by atoms with Crippen LogP contribution in [0.15, 0.2) is 42.0 Å². The predicted molar refractivity (Wildman–Crippen MR) is 119 cm³/mol. The summed E-state index contributed by atoms with van der Waals surface area (Å²) in [5, 5.41) is 6.09. The molecule has 2 aromatic rings. The molecular weight excluding hydrogens is 465 g/mol. The van der Waals surface area contributed by atoms with E-state index in [1.165, 1.54) is 6.33 Å². The number of aryl methyl sites for hydroxylation is 1. The predicted octanol–water partition coefficient (Wildman–Crippen LogP) is 2.94. The minimum atomic E-state index is -4.35. The molecule has 0 aromatic carbocycles. The van der Waals surface area contributed by atoms with E-state index in [2.05, 4.69) is 25.6 Å². The zero-order valence-electron chi connectivity index (χ0n) is 18.4. The standard InChI is InChI=1S/C22H23F3N6O2Si/c1-13-8-27-20(30-21-5-6-33-19(21)34-11-21)29-17(13)31-10-16(28-12-31)18(32)26-9-14-3-2-4-15(7-14)22(23,24)25/h3,7-8,10,12,19H,2,4-6,9,11H2,1H3,(H,26,32)(H,27,29,30). The van der Waals surface area contributed by atoms with Crippen molar-refractivity contribution in [1.29, 1.82) is 0 Å². The van der Waals surface area contributed by atoms with E-state index in [9.17, 15) is 18.0 Å². The molecule has 12 heteroatoms. The number of hydrogen-bond donors (Lipinski definition) is 2. The molecule has 2 fully saturated rings. The molecule has 0 spiro atoms. The Morgan fingerprint density at radius 2 is 2.24 bits per heavy atom. The fraction of sp³-hybridized carbons (Fsp3) is 0.455. The SMILES string of the molecule is Cc1cnc(NC23CCOC2[Si]C3)nc1-n1cnc(C(=O)NCC2=CCCC(C(F)(F)F)=C2)c1. The quantitative estimate of drug-likeness (QED) is 0.608. The van der Waals surface area contributed by atoms with Crippen molar-refractivity contribution in [3.8, 4) is 5.82 Å². The maximum Gasteiger partial charge on any atom is 0.412 e. The number of carbonyl (C=O) groups is 1. The first-order valence-electron chi connectivity index (χ1n) is 11.0. The van der Waals surface area contributed by atoms with Gasteiger partial charge in [0.25, 0.3) is 5.91 Å². The van der Waals surface area contributed by atoms with Gasteiger partial charge in [0.1, 0.15) is 17.8 Å². The molecule has 2 aliphatic heterocycles. The smallest absolute Gasteiger partial charge is 0.380 e. The lowest BCUT2D eigenvalue weighted by Gasteiger charge is -2.43. The molecule has 0 bridgehead atoms. The Bertz CT molecular complexity index is 1180. The number of halogens is 3. The summed E-state index contributed by atoms with van der Waals surface area (Å²) in [6, 6.07) is 1.04. The number of allylic oxidation sites excluding steroid dienone is 2. The Kier molecular flexibility index (Phi) is 5.80. The maximum absolute atomic E-state index is 12.9. The summed E-state index contributed by atoms with van der Waals surface area (Å²) < 4.78 is 46.2. The first kappa shape index (κ1) is 22.8. The number of fused-ring (bicyclic) bond motifs is 1. The van der Waals surface area contributed by atoms with Crippen molar-refractivity contribution in [1.82, 2.24) is 24.8 Å². The van der Waals surface area contributed by atoms with Crippen LogP contribution in [0.25, 0.3) is 5.82 Å². The third-order valence-corrected chi connectivity index (χ3v) is 8.23. The van der Waals surface area contributed by atoms with Crippen molar-refractivity contribution in [2.24, 2.45) is 0 Å². The maximum atomic E-state index is 12.9. The molecule has 34 heavy (non-hydrogen) atoms. The number of nitrogens with zero attached hydrogens (tertiary/aromatic N) is 4. The molecule has 4 heterocycles. The number of amides is 1. The molecule has 0 saturated carbocycles. The summed E-state index contributed by atoms with van der Waals surface area (Å²) in [5.74, 6) is 0.611. The number of carbonyl (C=O) groups excluding carboxylic acids is 1. The first-order valence-corrected chi connectivity index (χ1v) is 12.3. The van der Waals surface area contributed by atoms with Crippen LogP contribution in [0.2, 0.25) is 6.04 Å². The number of ether oxygens (including phenoxy) is 1. The monoisotopic (exact) mass is 488 g/mol. The van der Waals surface area contributed by atoms with E-state index in [-0.39, 0.29) is 29.9 Å². The average molecular weight is 489 g/mol. The van der Waals surface area contributed by atoms with Crippen molar-refractivity contribution >= 4 is 21.4 Å². The second-order valence-electron chi connectivity index (χ2n) is 8.70. The number of hydrogen-bond acceptors (Lipinski definition) is 6.